The third-order valence-corrected chi connectivity index (χ3v) is 3.77. The molecule has 106 valence electrons. The van der Waals surface area contributed by atoms with Gasteiger partial charge in [-0.05, 0) is 39.4 Å². The third-order valence-electron chi connectivity index (χ3n) is 3.77. The van der Waals surface area contributed by atoms with Gasteiger partial charge in [0, 0.05) is 24.2 Å². The molecule has 19 heavy (non-hydrogen) atoms. The predicted octanol–water partition coefficient (Wildman–Crippen LogP) is 2.83. The predicted molar refractivity (Wildman–Crippen MR) is 79.7 cm³/mol. The molecule has 1 aromatic carbocycles. The maximum absolute atomic E-state index is 5.97. The summed E-state index contributed by atoms with van der Waals surface area (Å²) in [6.07, 6.45) is 2.70. The van der Waals surface area contributed by atoms with E-state index >= 15 is 0 Å². The van der Waals surface area contributed by atoms with Gasteiger partial charge in [-0.15, -0.1) is 0 Å². The van der Waals surface area contributed by atoms with Gasteiger partial charge < -0.3 is 15.0 Å². The van der Waals surface area contributed by atoms with Gasteiger partial charge >= 0.3 is 0 Å². The average molecular weight is 262 g/mol. The molecular formula is C16H26N2O. The lowest BCUT2D eigenvalue weighted by molar-refractivity contribution is 0.229. The molecule has 0 aliphatic heterocycles. The fraction of sp³-hybridized carbons (Fsp3) is 0.625. The molecular weight excluding hydrogens is 236 g/mol. The summed E-state index contributed by atoms with van der Waals surface area (Å²) in [6, 6.07) is 9.48. The molecule has 3 nitrogen and oxygen atoms in total. The van der Waals surface area contributed by atoms with E-state index in [0.29, 0.717) is 6.04 Å². The van der Waals surface area contributed by atoms with E-state index in [0.717, 1.165) is 31.5 Å². The van der Waals surface area contributed by atoms with E-state index in [1.165, 1.54) is 18.4 Å². The van der Waals surface area contributed by atoms with Crippen LogP contribution >= 0.6 is 0 Å². The van der Waals surface area contributed by atoms with Crippen LogP contribution in [-0.2, 0) is 0 Å². The Morgan fingerprint density at radius 1 is 1.37 bits per heavy atom. The number of para-hydroxylation sites is 1. The highest BCUT2D eigenvalue weighted by Crippen LogP contribution is 2.26. The Kier molecular flexibility index (Phi) is 5.23. The van der Waals surface area contributed by atoms with E-state index in [4.69, 9.17) is 4.74 Å². The first-order valence-electron chi connectivity index (χ1n) is 7.37. The lowest BCUT2D eigenvalue weighted by Crippen LogP contribution is -2.26. The van der Waals surface area contributed by atoms with E-state index < -0.39 is 0 Å². The van der Waals surface area contributed by atoms with Gasteiger partial charge in [-0.2, -0.15) is 0 Å². The van der Waals surface area contributed by atoms with Crippen LogP contribution < -0.4 is 10.1 Å². The molecule has 0 radical (unpaired) electrons. The number of likely N-dealkylation sites (N-methyl/N-ethyl adjacent to an activating group) is 1. The van der Waals surface area contributed by atoms with E-state index in [-0.39, 0.29) is 0 Å². The topological polar surface area (TPSA) is 24.5 Å². The summed E-state index contributed by atoms with van der Waals surface area (Å²) in [6.45, 7) is 7.06. The van der Waals surface area contributed by atoms with Crippen LogP contribution in [0.2, 0.25) is 0 Å². The van der Waals surface area contributed by atoms with Gasteiger partial charge in [0.05, 0.1) is 0 Å². The first kappa shape index (κ1) is 14.4. The summed E-state index contributed by atoms with van der Waals surface area (Å²) in [5.41, 5.74) is 1.25. The number of hydrogen-bond acceptors (Lipinski definition) is 3. The number of hydrogen-bond donors (Lipinski definition) is 1. The molecule has 1 fully saturated rings. The molecule has 1 saturated carbocycles. The maximum atomic E-state index is 5.97. The SMILES string of the molecule is CCNC(C)c1ccccc1OCCN(C)C1CC1. The van der Waals surface area contributed by atoms with Crippen LogP contribution in [0.1, 0.15) is 38.3 Å². The summed E-state index contributed by atoms with van der Waals surface area (Å²) in [7, 11) is 2.19. The van der Waals surface area contributed by atoms with Gasteiger partial charge in [0.25, 0.3) is 0 Å². The van der Waals surface area contributed by atoms with Crippen LogP contribution in [0.25, 0.3) is 0 Å². The number of nitrogens with zero attached hydrogens (tertiary/aromatic N) is 1. The van der Waals surface area contributed by atoms with Gasteiger partial charge in [0.2, 0.25) is 0 Å². The quantitative estimate of drug-likeness (QED) is 0.779. The normalized spacial score (nSPS) is 16.6. The smallest absolute Gasteiger partial charge is 0.124 e. The van der Waals surface area contributed by atoms with Crippen molar-refractivity contribution in [2.75, 3.05) is 26.7 Å². The molecule has 0 spiro atoms. The molecule has 0 heterocycles. The Morgan fingerprint density at radius 2 is 2.11 bits per heavy atom. The van der Waals surface area contributed by atoms with Crippen molar-refractivity contribution < 1.29 is 4.74 Å². The van der Waals surface area contributed by atoms with Crippen LogP contribution in [0, 0.1) is 0 Å². The van der Waals surface area contributed by atoms with Crippen molar-refractivity contribution in [3.05, 3.63) is 29.8 Å². The molecule has 1 aliphatic rings. The minimum atomic E-state index is 0.336. The molecule has 0 bridgehead atoms. The number of nitrogens with one attached hydrogen (secondary N) is 1. The molecule has 0 aromatic heterocycles. The molecule has 1 atom stereocenters. The second-order valence-corrected chi connectivity index (χ2v) is 5.38. The summed E-state index contributed by atoms with van der Waals surface area (Å²) in [5.74, 6) is 1.01. The Bertz CT molecular complexity index is 390. The molecule has 0 saturated heterocycles. The molecule has 1 aromatic rings. The van der Waals surface area contributed by atoms with E-state index in [1.54, 1.807) is 0 Å². The van der Waals surface area contributed by atoms with Gasteiger partial charge in [-0.25, -0.2) is 0 Å². The Labute approximate surface area is 116 Å². The fourth-order valence-corrected chi connectivity index (χ4v) is 2.38. The Hall–Kier alpha value is -1.06. The monoisotopic (exact) mass is 262 g/mol. The van der Waals surface area contributed by atoms with Crippen molar-refractivity contribution in [2.45, 2.75) is 38.8 Å². The van der Waals surface area contributed by atoms with Crippen LogP contribution in [-0.4, -0.2) is 37.7 Å². The lowest BCUT2D eigenvalue weighted by atomic mass is 10.1. The highest BCUT2D eigenvalue weighted by molar-refractivity contribution is 5.35. The standard InChI is InChI=1S/C16H26N2O/c1-4-17-13(2)15-7-5-6-8-16(15)19-12-11-18(3)14-9-10-14/h5-8,13-14,17H,4,9-12H2,1-3H3. The molecule has 3 heteroatoms. The zero-order chi connectivity index (χ0) is 13.7. The van der Waals surface area contributed by atoms with E-state index in [2.05, 4.69) is 49.3 Å². The van der Waals surface area contributed by atoms with Crippen LogP contribution in [0.15, 0.2) is 24.3 Å². The molecule has 1 N–H and O–H groups in total. The van der Waals surface area contributed by atoms with Crippen molar-refractivity contribution in [1.29, 1.82) is 0 Å². The second-order valence-electron chi connectivity index (χ2n) is 5.38. The van der Waals surface area contributed by atoms with Crippen LogP contribution in [0.3, 0.4) is 0 Å². The van der Waals surface area contributed by atoms with E-state index in [9.17, 15) is 0 Å². The molecule has 2 rings (SSSR count). The summed E-state index contributed by atoms with van der Waals surface area (Å²) in [5, 5.41) is 3.44. The van der Waals surface area contributed by atoms with Crippen molar-refractivity contribution in [3.8, 4) is 5.75 Å². The maximum Gasteiger partial charge on any atom is 0.124 e. The van der Waals surface area contributed by atoms with Crippen LogP contribution in [0.4, 0.5) is 0 Å². The minimum absolute atomic E-state index is 0.336. The fourth-order valence-electron chi connectivity index (χ4n) is 2.38. The van der Waals surface area contributed by atoms with Crippen molar-refractivity contribution >= 4 is 0 Å². The molecule has 0 amide bonds. The molecule has 1 aliphatic carbocycles. The molecule has 1 unspecified atom stereocenters. The van der Waals surface area contributed by atoms with Crippen molar-refractivity contribution in [2.24, 2.45) is 0 Å². The third kappa shape index (κ3) is 4.22. The van der Waals surface area contributed by atoms with E-state index in [1.807, 2.05) is 6.07 Å². The number of benzene rings is 1. The van der Waals surface area contributed by atoms with Gasteiger partial charge in [0.1, 0.15) is 12.4 Å². The first-order chi connectivity index (χ1) is 9.22. The highest BCUT2D eigenvalue weighted by atomic mass is 16.5. The first-order valence-corrected chi connectivity index (χ1v) is 7.37. The number of ether oxygens (including phenoxy) is 1. The van der Waals surface area contributed by atoms with Crippen LogP contribution in [0.5, 0.6) is 5.75 Å². The zero-order valence-corrected chi connectivity index (χ0v) is 12.4. The van der Waals surface area contributed by atoms with Gasteiger partial charge in [-0.1, -0.05) is 25.1 Å². The van der Waals surface area contributed by atoms with Gasteiger partial charge in [-0.3, -0.25) is 0 Å². The zero-order valence-electron chi connectivity index (χ0n) is 12.4. The Balaban J connectivity index is 1.87. The van der Waals surface area contributed by atoms with Crippen molar-refractivity contribution in [3.63, 3.8) is 0 Å². The van der Waals surface area contributed by atoms with Gasteiger partial charge in [0.15, 0.2) is 0 Å². The van der Waals surface area contributed by atoms with Crippen molar-refractivity contribution in [1.82, 2.24) is 10.2 Å². The average Bonchev–Trinajstić information content (AvgIpc) is 3.24. The highest BCUT2D eigenvalue weighted by Gasteiger charge is 2.25. The summed E-state index contributed by atoms with van der Waals surface area (Å²) < 4.78 is 5.97. The summed E-state index contributed by atoms with van der Waals surface area (Å²) in [4.78, 5) is 2.40. The number of rotatable bonds is 8. The Morgan fingerprint density at radius 3 is 2.79 bits per heavy atom. The second kappa shape index (κ2) is 6.92. The largest absolute Gasteiger partial charge is 0.492 e. The lowest BCUT2D eigenvalue weighted by Gasteiger charge is -2.19. The minimum Gasteiger partial charge on any atom is -0.492 e. The summed E-state index contributed by atoms with van der Waals surface area (Å²) >= 11 is 0.